The van der Waals surface area contributed by atoms with Crippen molar-refractivity contribution >= 4 is 23.8 Å². The number of nitrogens with one attached hydrogen (secondary N) is 2. The first kappa shape index (κ1) is 25.8. The highest BCUT2D eigenvalue weighted by Gasteiger charge is 2.29. The smallest absolute Gasteiger partial charge is 0.411 e. The fourth-order valence-electron chi connectivity index (χ4n) is 4.36. The Morgan fingerprint density at radius 3 is 1.97 bits per heavy atom. The van der Waals surface area contributed by atoms with Crippen molar-refractivity contribution in [3.05, 3.63) is 89.5 Å². The summed E-state index contributed by atoms with van der Waals surface area (Å²) in [6.07, 6.45) is -1.43. The fraction of sp³-hybridized carbons (Fsp3) is 0.276. The molecule has 3 aromatic rings. The zero-order valence-electron chi connectivity index (χ0n) is 20.9. The molecular formula is C29H29N2O6-. The van der Waals surface area contributed by atoms with Gasteiger partial charge in [-0.25, -0.2) is 9.59 Å². The molecular weight excluding hydrogens is 472 g/mol. The Kier molecular flexibility index (Phi) is 7.47. The molecule has 1 atom stereocenters. The van der Waals surface area contributed by atoms with Crippen LogP contribution in [0.4, 0.5) is 15.3 Å². The molecule has 2 amide bonds. The Bertz CT molecular complexity index is 1250. The van der Waals surface area contributed by atoms with Crippen LogP contribution in [0.3, 0.4) is 0 Å². The van der Waals surface area contributed by atoms with E-state index in [0.717, 1.165) is 22.3 Å². The average molecular weight is 502 g/mol. The number of benzene rings is 3. The zero-order chi connectivity index (χ0) is 26.6. The molecule has 37 heavy (non-hydrogen) atoms. The topological polar surface area (TPSA) is 117 Å². The summed E-state index contributed by atoms with van der Waals surface area (Å²) < 4.78 is 10.7. The number of ether oxygens (including phenoxy) is 2. The van der Waals surface area contributed by atoms with E-state index >= 15 is 0 Å². The van der Waals surface area contributed by atoms with Crippen molar-refractivity contribution in [2.24, 2.45) is 0 Å². The van der Waals surface area contributed by atoms with Crippen molar-refractivity contribution in [1.82, 2.24) is 5.32 Å². The molecule has 0 spiro atoms. The Morgan fingerprint density at radius 2 is 1.43 bits per heavy atom. The fourth-order valence-corrected chi connectivity index (χ4v) is 4.36. The second-order valence-electron chi connectivity index (χ2n) is 9.87. The minimum absolute atomic E-state index is 0.00714. The monoisotopic (exact) mass is 501 g/mol. The molecule has 0 unspecified atom stereocenters. The maximum atomic E-state index is 12.5. The summed E-state index contributed by atoms with van der Waals surface area (Å²) in [5.41, 5.74) is 4.92. The number of fused-ring (bicyclic) bond motifs is 3. The number of rotatable bonds is 7. The molecule has 3 aromatic carbocycles. The van der Waals surface area contributed by atoms with Crippen molar-refractivity contribution in [3.63, 3.8) is 0 Å². The highest BCUT2D eigenvalue weighted by molar-refractivity contribution is 5.85. The van der Waals surface area contributed by atoms with E-state index in [1.807, 2.05) is 24.3 Å². The first-order valence-corrected chi connectivity index (χ1v) is 12.0. The van der Waals surface area contributed by atoms with Crippen LogP contribution in [0.25, 0.3) is 11.1 Å². The number of carbonyl (C=O) groups excluding carboxylic acids is 3. The van der Waals surface area contributed by atoms with Gasteiger partial charge in [0.05, 0.1) is 12.0 Å². The van der Waals surface area contributed by atoms with Gasteiger partial charge < -0.3 is 24.7 Å². The predicted octanol–water partition coefficient (Wildman–Crippen LogP) is 4.23. The minimum Gasteiger partial charge on any atom is -0.548 e. The lowest BCUT2D eigenvalue weighted by Gasteiger charge is -2.24. The van der Waals surface area contributed by atoms with E-state index in [2.05, 4.69) is 34.9 Å². The van der Waals surface area contributed by atoms with Crippen LogP contribution >= 0.6 is 0 Å². The molecule has 0 bridgehead atoms. The lowest BCUT2D eigenvalue weighted by Crippen LogP contribution is -2.50. The first-order chi connectivity index (χ1) is 17.6. The minimum atomic E-state index is -1.42. The van der Waals surface area contributed by atoms with Gasteiger partial charge in [-0.3, -0.25) is 5.32 Å². The molecule has 192 valence electrons. The number of alkyl carbamates (subject to hydrolysis) is 1. The van der Waals surface area contributed by atoms with Crippen LogP contribution in [0.15, 0.2) is 72.8 Å². The molecule has 1 aliphatic carbocycles. The van der Waals surface area contributed by atoms with Gasteiger partial charge in [-0.2, -0.15) is 0 Å². The Labute approximate surface area is 215 Å². The van der Waals surface area contributed by atoms with E-state index in [9.17, 15) is 19.5 Å². The molecule has 8 heteroatoms. The SMILES string of the molecule is CC(C)(C)OC(=O)N[C@H](Cc1ccc(NC(=O)OCC2c3ccccc3-c3ccccc32)cc1)C(=O)[O-]. The van der Waals surface area contributed by atoms with E-state index in [-0.39, 0.29) is 18.9 Å². The Balaban J connectivity index is 1.33. The number of hydrogen-bond donors (Lipinski definition) is 2. The van der Waals surface area contributed by atoms with Crippen LogP contribution in [0, 0.1) is 0 Å². The van der Waals surface area contributed by atoms with E-state index in [1.165, 1.54) is 0 Å². The summed E-state index contributed by atoms with van der Waals surface area (Å²) >= 11 is 0. The van der Waals surface area contributed by atoms with E-state index in [1.54, 1.807) is 45.0 Å². The summed E-state index contributed by atoms with van der Waals surface area (Å²) in [6.45, 7) is 5.25. The van der Waals surface area contributed by atoms with E-state index in [0.29, 0.717) is 11.3 Å². The number of anilines is 1. The van der Waals surface area contributed by atoms with E-state index in [4.69, 9.17) is 9.47 Å². The third-order valence-electron chi connectivity index (χ3n) is 5.96. The number of carboxylic acids is 1. The van der Waals surface area contributed by atoms with Crippen LogP contribution in [-0.2, 0) is 20.7 Å². The third kappa shape index (κ3) is 6.46. The van der Waals surface area contributed by atoms with Crippen molar-refractivity contribution in [2.75, 3.05) is 11.9 Å². The second kappa shape index (κ2) is 10.7. The quantitative estimate of drug-likeness (QED) is 0.500. The van der Waals surface area contributed by atoms with E-state index < -0.39 is 29.8 Å². The molecule has 0 aromatic heterocycles. The van der Waals surface area contributed by atoms with Crippen LogP contribution in [-0.4, -0.2) is 36.4 Å². The Hall–Kier alpha value is -4.33. The van der Waals surface area contributed by atoms with Crippen LogP contribution in [0.5, 0.6) is 0 Å². The number of hydrogen-bond acceptors (Lipinski definition) is 6. The van der Waals surface area contributed by atoms with Crippen LogP contribution in [0.2, 0.25) is 0 Å². The third-order valence-corrected chi connectivity index (χ3v) is 5.96. The molecule has 0 fully saturated rings. The maximum absolute atomic E-state index is 12.5. The summed E-state index contributed by atoms with van der Waals surface area (Å²) in [6, 6.07) is 21.5. The number of carbonyl (C=O) groups is 3. The largest absolute Gasteiger partial charge is 0.548 e. The van der Waals surface area contributed by atoms with Crippen molar-refractivity contribution in [2.45, 2.75) is 44.8 Å². The first-order valence-electron chi connectivity index (χ1n) is 12.0. The zero-order valence-corrected chi connectivity index (χ0v) is 20.9. The van der Waals surface area contributed by atoms with Crippen molar-refractivity contribution < 1.29 is 29.0 Å². The van der Waals surface area contributed by atoms with Gasteiger partial charge in [0.1, 0.15) is 12.2 Å². The molecule has 8 nitrogen and oxygen atoms in total. The van der Waals surface area contributed by atoms with Crippen molar-refractivity contribution in [1.29, 1.82) is 0 Å². The standard InChI is InChI=1S/C29H30N2O6/c1-29(2,3)37-28(35)31-25(26(32)33)16-18-12-14-19(15-13-18)30-27(34)36-17-24-22-10-6-4-8-20(22)21-9-5-7-11-23(21)24/h4-15,24-25H,16-17H2,1-3H3,(H,30,34)(H,31,35)(H,32,33)/p-1/t25-/m1/s1. The number of amides is 2. The van der Waals surface area contributed by atoms with Gasteiger partial charge in [-0.05, 0) is 67.1 Å². The van der Waals surface area contributed by atoms with Gasteiger partial charge in [0.25, 0.3) is 0 Å². The molecule has 2 N–H and O–H groups in total. The number of carboxylic acid groups (broad SMARTS) is 1. The summed E-state index contributed by atoms with van der Waals surface area (Å²) in [4.78, 5) is 35.9. The lowest BCUT2D eigenvalue weighted by atomic mass is 9.98. The van der Waals surface area contributed by atoms with Gasteiger partial charge >= 0.3 is 12.2 Å². The van der Waals surface area contributed by atoms with Crippen molar-refractivity contribution in [3.8, 4) is 11.1 Å². The van der Waals surface area contributed by atoms with Crippen LogP contribution in [0.1, 0.15) is 43.4 Å². The summed E-state index contributed by atoms with van der Waals surface area (Å²) in [5, 5.41) is 16.5. The molecule has 0 radical (unpaired) electrons. The molecule has 0 heterocycles. The van der Waals surface area contributed by atoms with Crippen LogP contribution < -0.4 is 15.7 Å². The molecule has 0 aliphatic heterocycles. The molecule has 1 aliphatic rings. The lowest BCUT2D eigenvalue weighted by molar-refractivity contribution is -0.308. The Morgan fingerprint density at radius 1 is 0.865 bits per heavy atom. The average Bonchev–Trinajstić information content (AvgIpc) is 3.16. The highest BCUT2D eigenvalue weighted by Crippen LogP contribution is 2.44. The summed E-state index contributed by atoms with van der Waals surface area (Å²) in [5.74, 6) is -1.47. The van der Waals surface area contributed by atoms with Gasteiger partial charge in [0.15, 0.2) is 0 Å². The van der Waals surface area contributed by atoms with Gasteiger partial charge in [0.2, 0.25) is 0 Å². The highest BCUT2D eigenvalue weighted by atomic mass is 16.6. The molecule has 0 saturated carbocycles. The summed E-state index contributed by atoms with van der Waals surface area (Å²) in [7, 11) is 0. The van der Waals surface area contributed by atoms with Gasteiger partial charge in [0, 0.05) is 11.6 Å². The maximum Gasteiger partial charge on any atom is 0.411 e. The molecule has 0 saturated heterocycles. The molecule has 4 rings (SSSR count). The number of aliphatic carboxylic acids is 1. The predicted molar refractivity (Wildman–Crippen MR) is 137 cm³/mol. The van der Waals surface area contributed by atoms with Gasteiger partial charge in [-0.1, -0.05) is 60.7 Å². The second-order valence-corrected chi connectivity index (χ2v) is 9.87. The van der Waals surface area contributed by atoms with Gasteiger partial charge in [-0.15, -0.1) is 0 Å². The normalized spacial score (nSPS) is 13.2.